The van der Waals surface area contributed by atoms with Crippen LogP contribution in [0, 0.1) is 0 Å². The molecule has 142 valence electrons. The van der Waals surface area contributed by atoms with E-state index in [1.165, 1.54) is 11.0 Å². The number of amides is 2. The monoisotopic (exact) mass is 367 g/mol. The number of benzene rings is 1. The standard InChI is InChI=1S/C21H25N3O3/c1-5-19(25)23(4)16-10-8-15(9-11-16)21(26)24-12-6-7-18(24)20-22-17(13-27-20)14(2)3/h5,8-11,13-14,18H,1,6-7,12H2,2-4H3/t18-/m0/s1. The summed E-state index contributed by atoms with van der Waals surface area (Å²) in [5, 5.41) is 0. The van der Waals surface area contributed by atoms with Crippen molar-refractivity contribution in [3.05, 3.63) is 60.3 Å². The van der Waals surface area contributed by atoms with Crippen molar-refractivity contribution in [1.82, 2.24) is 9.88 Å². The number of likely N-dealkylation sites (N-methyl/N-ethyl adjacent to an activating group) is 1. The Morgan fingerprint density at radius 3 is 2.63 bits per heavy atom. The van der Waals surface area contributed by atoms with Gasteiger partial charge in [-0.1, -0.05) is 20.4 Å². The first-order chi connectivity index (χ1) is 12.9. The quantitative estimate of drug-likeness (QED) is 0.751. The largest absolute Gasteiger partial charge is 0.446 e. The fourth-order valence-electron chi connectivity index (χ4n) is 3.24. The van der Waals surface area contributed by atoms with Crippen molar-refractivity contribution >= 4 is 17.5 Å². The molecule has 1 aromatic heterocycles. The molecule has 1 saturated heterocycles. The summed E-state index contributed by atoms with van der Waals surface area (Å²) < 4.78 is 5.66. The molecule has 27 heavy (non-hydrogen) atoms. The molecular formula is C21H25N3O3. The van der Waals surface area contributed by atoms with Gasteiger partial charge in [0.25, 0.3) is 5.91 Å². The maximum atomic E-state index is 13.0. The first-order valence-corrected chi connectivity index (χ1v) is 9.19. The van der Waals surface area contributed by atoms with Crippen molar-refractivity contribution in [2.45, 2.75) is 38.6 Å². The van der Waals surface area contributed by atoms with E-state index in [0.717, 1.165) is 18.5 Å². The fourth-order valence-corrected chi connectivity index (χ4v) is 3.24. The van der Waals surface area contributed by atoms with Crippen LogP contribution in [0.3, 0.4) is 0 Å². The van der Waals surface area contributed by atoms with Gasteiger partial charge in [0.2, 0.25) is 11.8 Å². The van der Waals surface area contributed by atoms with Gasteiger partial charge in [0.1, 0.15) is 12.3 Å². The molecule has 6 heteroatoms. The average molecular weight is 367 g/mol. The zero-order chi connectivity index (χ0) is 19.6. The van der Waals surface area contributed by atoms with Crippen LogP contribution in [0.5, 0.6) is 0 Å². The van der Waals surface area contributed by atoms with Gasteiger partial charge in [-0.05, 0) is 49.1 Å². The van der Waals surface area contributed by atoms with Crippen molar-refractivity contribution in [3.8, 4) is 0 Å². The molecule has 0 spiro atoms. The first kappa shape index (κ1) is 18.9. The number of anilines is 1. The summed E-state index contributed by atoms with van der Waals surface area (Å²) in [5.74, 6) is 0.651. The molecule has 6 nitrogen and oxygen atoms in total. The number of carbonyl (C=O) groups excluding carboxylic acids is 2. The van der Waals surface area contributed by atoms with Gasteiger partial charge in [0, 0.05) is 24.8 Å². The van der Waals surface area contributed by atoms with Gasteiger partial charge in [0.05, 0.1) is 5.69 Å². The molecule has 0 bridgehead atoms. The lowest BCUT2D eigenvalue weighted by Gasteiger charge is -2.23. The van der Waals surface area contributed by atoms with E-state index in [-0.39, 0.29) is 23.8 Å². The molecule has 1 aromatic carbocycles. The van der Waals surface area contributed by atoms with Gasteiger partial charge in [0.15, 0.2) is 0 Å². The van der Waals surface area contributed by atoms with Crippen molar-refractivity contribution in [2.24, 2.45) is 0 Å². The predicted molar refractivity (Wildman–Crippen MR) is 104 cm³/mol. The highest BCUT2D eigenvalue weighted by atomic mass is 16.3. The summed E-state index contributed by atoms with van der Waals surface area (Å²) in [5.41, 5.74) is 2.20. The van der Waals surface area contributed by atoms with Crippen LogP contribution in [0.2, 0.25) is 0 Å². The van der Waals surface area contributed by atoms with Gasteiger partial charge in [-0.25, -0.2) is 4.98 Å². The third-order valence-electron chi connectivity index (χ3n) is 4.94. The van der Waals surface area contributed by atoms with E-state index in [1.807, 2.05) is 4.90 Å². The van der Waals surface area contributed by atoms with Gasteiger partial charge >= 0.3 is 0 Å². The molecule has 2 amide bonds. The molecule has 1 aliphatic heterocycles. The summed E-state index contributed by atoms with van der Waals surface area (Å²) in [4.78, 5) is 32.6. The summed E-state index contributed by atoms with van der Waals surface area (Å²) in [7, 11) is 1.67. The van der Waals surface area contributed by atoms with Gasteiger partial charge in [-0.3, -0.25) is 9.59 Å². The number of aromatic nitrogens is 1. The third kappa shape index (κ3) is 3.79. The average Bonchev–Trinajstić information content (AvgIpc) is 3.35. The highest BCUT2D eigenvalue weighted by Crippen LogP contribution is 2.33. The highest BCUT2D eigenvalue weighted by Gasteiger charge is 2.34. The fraction of sp³-hybridized carbons (Fsp3) is 0.381. The Hall–Kier alpha value is -2.89. The molecule has 0 aliphatic carbocycles. The molecule has 0 N–H and O–H groups in total. The first-order valence-electron chi connectivity index (χ1n) is 9.19. The Kier molecular flexibility index (Phi) is 5.44. The van der Waals surface area contributed by atoms with Crippen molar-refractivity contribution in [2.75, 3.05) is 18.5 Å². The van der Waals surface area contributed by atoms with Crippen molar-refractivity contribution in [3.63, 3.8) is 0 Å². The topological polar surface area (TPSA) is 66.7 Å². The summed E-state index contributed by atoms with van der Waals surface area (Å²) in [6.07, 6.45) is 4.71. The summed E-state index contributed by atoms with van der Waals surface area (Å²) in [6.45, 7) is 8.30. The number of nitrogens with zero attached hydrogens (tertiary/aromatic N) is 3. The summed E-state index contributed by atoms with van der Waals surface area (Å²) >= 11 is 0. The predicted octanol–water partition coefficient (Wildman–Crippen LogP) is 3.92. The molecular weight excluding hydrogens is 342 g/mol. The smallest absolute Gasteiger partial charge is 0.254 e. The zero-order valence-corrected chi connectivity index (χ0v) is 16.0. The molecule has 1 aliphatic rings. The van der Waals surface area contributed by atoms with Gasteiger partial charge < -0.3 is 14.2 Å². The molecule has 1 fully saturated rings. The minimum Gasteiger partial charge on any atom is -0.446 e. The van der Waals surface area contributed by atoms with Gasteiger partial charge in [-0.2, -0.15) is 0 Å². The van der Waals surface area contributed by atoms with E-state index in [1.54, 1.807) is 37.6 Å². The van der Waals surface area contributed by atoms with E-state index < -0.39 is 0 Å². The Bertz CT molecular complexity index is 839. The third-order valence-corrected chi connectivity index (χ3v) is 4.94. The molecule has 0 unspecified atom stereocenters. The lowest BCUT2D eigenvalue weighted by atomic mass is 10.1. The van der Waals surface area contributed by atoms with Crippen LogP contribution in [0.4, 0.5) is 5.69 Å². The number of likely N-dealkylation sites (tertiary alicyclic amines) is 1. The van der Waals surface area contributed by atoms with E-state index in [4.69, 9.17) is 4.42 Å². The summed E-state index contributed by atoms with van der Waals surface area (Å²) in [6, 6.07) is 6.89. The van der Waals surface area contributed by atoms with Crippen LogP contribution in [0.1, 0.15) is 60.6 Å². The second-order valence-electron chi connectivity index (χ2n) is 7.07. The second-order valence-corrected chi connectivity index (χ2v) is 7.07. The Balaban J connectivity index is 1.77. The Morgan fingerprint density at radius 1 is 1.33 bits per heavy atom. The van der Waals surface area contributed by atoms with Crippen LogP contribution >= 0.6 is 0 Å². The number of oxazole rings is 1. The van der Waals surface area contributed by atoms with Crippen LogP contribution in [-0.4, -0.2) is 35.3 Å². The molecule has 0 saturated carbocycles. The van der Waals surface area contributed by atoms with Crippen LogP contribution in [-0.2, 0) is 4.79 Å². The van der Waals surface area contributed by atoms with Crippen molar-refractivity contribution in [1.29, 1.82) is 0 Å². The zero-order valence-electron chi connectivity index (χ0n) is 16.0. The number of hydrogen-bond donors (Lipinski definition) is 0. The molecule has 2 aromatic rings. The van der Waals surface area contributed by atoms with Crippen LogP contribution in [0.15, 0.2) is 47.6 Å². The Morgan fingerprint density at radius 2 is 2.04 bits per heavy atom. The second kappa shape index (κ2) is 7.78. The number of carbonyl (C=O) groups is 2. The van der Waals surface area contributed by atoms with E-state index in [0.29, 0.717) is 23.7 Å². The minimum atomic E-state index is -0.196. The molecule has 1 atom stereocenters. The van der Waals surface area contributed by atoms with Gasteiger partial charge in [-0.15, -0.1) is 0 Å². The number of hydrogen-bond acceptors (Lipinski definition) is 4. The molecule has 0 radical (unpaired) electrons. The maximum absolute atomic E-state index is 13.0. The number of rotatable bonds is 5. The van der Waals surface area contributed by atoms with Crippen LogP contribution < -0.4 is 4.90 Å². The Labute approximate surface area is 159 Å². The SMILES string of the molecule is C=CC(=O)N(C)c1ccc(C(=O)N2CCC[C@H]2c2nc(C(C)C)co2)cc1. The van der Waals surface area contributed by atoms with E-state index in [9.17, 15) is 9.59 Å². The highest BCUT2D eigenvalue weighted by molar-refractivity contribution is 6.01. The van der Waals surface area contributed by atoms with E-state index >= 15 is 0 Å². The molecule has 2 heterocycles. The minimum absolute atomic E-state index is 0.0500. The molecule has 3 rings (SSSR count). The van der Waals surface area contributed by atoms with E-state index in [2.05, 4.69) is 25.4 Å². The lowest BCUT2D eigenvalue weighted by molar-refractivity contribution is -0.113. The van der Waals surface area contributed by atoms with Crippen LogP contribution in [0.25, 0.3) is 0 Å². The normalized spacial score (nSPS) is 16.6. The lowest BCUT2D eigenvalue weighted by Crippen LogP contribution is -2.31. The van der Waals surface area contributed by atoms with Crippen molar-refractivity contribution < 1.29 is 14.0 Å². The maximum Gasteiger partial charge on any atom is 0.254 e.